The Hall–Kier alpha value is -2.29. The Bertz CT molecular complexity index is 744. The number of fused-ring (bicyclic) bond motifs is 2. The van der Waals surface area contributed by atoms with E-state index < -0.39 is 0 Å². The molecule has 0 unspecified atom stereocenters. The Kier molecular flexibility index (Phi) is 4.24. The SMILES string of the molecule is O=C(CC1CCCCC1)Oc1cccc2c1Cc1ccccc1O2. The predicted octanol–water partition coefficient (Wildman–Crippen LogP) is 5.26. The van der Waals surface area contributed by atoms with Gasteiger partial charge in [-0.2, -0.15) is 0 Å². The van der Waals surface area contributed by atoms with E-state index in [1.807, 2.05) is 36.4 Å². The Morgan fingerprint density at radius 3 is 2.67 bits per heavy atom. The number of rotatable bonds is 3. The molecule has 0 N–H and O–H groups in total. The Labute approximate surface area is 142 Å². The highest BCUT2D eigenvalue weighted by Crippen LogP contribution is 2.40. The van der Waals surface area contributed by atoms with Crippen molar-refractivity contribution in [3.8, 4) is 17.2 Å². The lowest BCUT2D eigenvalue weighted by molar-refractivity contribution is -0.135. The molecule has 1 heterocycles. The van der Waals surface area contributed by atoms with Crippen LogP contribution in [0.2, 0.25) is 0 Å². The first kappa shape index (κ1) is 15.3. The molecule has 24 heavy (non-hydrogen) atoms. The monoisotopic (exact) mass is 322 g/mol. The van der Waals surface area contributed by atoms with Gasteiger partial charge in [0.2, 0.25) is 0 Å². The van der Waals surface area contributed by atoms with Crippen LogP contribution in [0, 0.1) is 5.92 Å². The molecule has 0 bridgehead atoms. The molecule has 2 aliphatic rings. The molecule has 4 rings (SSSR count). The summed E-state index contributed by atoms with van der Waals surface area (Å²) in [6, 6.07) is 13.7. The minimum atomic E-state index is -0.117. The smallest absolute Gasteiger partial charge is 0.311 e. The summed E-state index contributed by atoms with van der Waals surface area (Å²) >= 11 is 0. The van der Waals surface area contributed by atoms with E-state index in [1.54, 1.807) is 0 Å². The topological polar surface area (TPSA) is 35.5 Å². The van der Waals surface area contributed by atoms with Gasteiger partial charge in [-0.3, -0.25) is 4.79 Å². The van der Waals surface area contributed by atoms with Crippen molar-refractivity contribution in [2.75, 3.05) is 0 Å². The number of benzene rings is 2. The lowest BCUT2D eigenvalue weighted by atomic mass is 9.87. The molecule has 0 saturated heterocycles. The fourth-order valence-electron chi connectivity index (χ4n) is 3.76. The number of hydrogen-bond donors (Lipinski definition) is 0. The van der Waals surface area contributed by atoms with Gasteiger partial charge in [-0.25, -0.2) is 0 Å². The highest BCUT2D eigenvalue weighted by molar-refractivity contribution is 5.74. The molecular formula is C21H22O3. The fourth-order valence-corrected chi connectivity index (χ4v) is 3.76. The maximum Gasteiger partial charge on any atom is 0.311 e. The second-order valence-corrected chi connectivity index (χ2v) is 6.80. The molecular weight excluding hydrogens is 300 g/mol. The van der Waals surface area contributed by atoms with Crippen LogP contribution in [0.3, 0.4) is 0 Å². The van der Waals surface area contributed by atoms with E-state index in [2.05, 4.69) is 6.07 Å². The summed E-state index contributed by atoms with van der Waals surface area (Å²) in [6.07, 6.45) is 7.34. The van der Waals surface area contributed by atoms with Crippen molar-refractivity contribution in [3.63, 3.8) is 0 Å². The number of ether oxygens (including phenoxy) is 2. The Morgan fingerprint density at radius 1 is 1.00 bits per heavy atom. The van der Waals surface area contributed by atoms with Crippen LogP contribution in [0.15, 0.2) is 42.5 Å². The normalized spacial score (nSPS) is 16.7. The van der Waals surface area contributed by atoms with Gasteiger partial charge in [-0.15, -0.1) is 0 Å². The highest BCUT2D eigenvalue weighted by Gasteiger charge is 2.23. The second kappa shape index (κ2) is 6.68. The van der Waals surface area contributed by atoms with Gasteiger partial charge < -0.3 is 9.47 Å². The molecule has 124 valence electrons. The van der Waals surface area contributed by atoms with Crippen LogP contribution in [0.5, 0.6) is 17.2 Å². The Morgan fingerprint density at radius 2 is 1.79 bits per heavy atom. The molecule has 1 aliphatic carbocycles. The molecule has 0 atom stereocenters. The summed E-state index contributed by atoms with van der Waals surface area (Å²) < 4.78 is 11.7. The second-order valence-electron chi connectivity index (χ2n) is 6.80. The van der Waals surface area contributed by atoms with Crippen LogP contribution < -0.4 is 9.47 Å². The standard InChI is InChI=1S/C21H22O3/c22-21(13-15-7-2-1-3-8-15)24-20-12-6-11-19-17(20)14-16-9-4-5-10-18(16)23-19/h4-6,9-12,15H,1-3,7-8,13-14H2. The van der Waals surface area contributed by atoms with Gasteiger partial charge in [0.05, 0.1) is 0 Å². The van der Waals surface area contributed by atoms with Crippen LogP contribution >= 0.6 is 0 Å². The van der Waals surface area contributed by atoms with Crippen molar-refractivity contribution in [2.45, 2.75) is 44.9 Å². The number of carbonyl (C=O) groups is 1. The zero-order valence-electron chi connectivity index (χ0n) is 13.8. The van der Waals surface area contributed by atoms with Crippen molar-refractivity contribution in [3.05, 3.63) is 53.6 Å². The summed E-state index contributed by atoms with van der Waals surface area (Å²) in [7, 11) is 0. The van der Waals surface area contributed by atoms with Crippen molar-refractivity contribution in [1.29, 1.82) is 0 Å². The zero-order valence-corrected chi connectivity index (χ0v) is 13.8. The molecule has 3 heteroatoms. The third-order valence-corrected chi connectivity index (χ3v) is 5.05. The summed E-state index contributed by atoms with van der Waals surface area (Å²) in [6.45, 7) is 0. The molecule has 1 fully saturated rings. The third kappa shape index (κ3) is 3.16. The van der Waals surface area contributed by atoms with Crippen molar-refractivity contribution in [1.82, 2.24) is 0 Å². The summed E-state index contributed by atoms with van der Waals surface area (Å²) in [4.78, 5) is 12.3. The first-order valence-corrected chi connectivity index (χ1v) is 8.88. The predicted molar refractivity (Wildman–Crippen MR) is 92.6 cm³/mol. The molecule has 2 aromatic carbocycles. The van der Waals surface area contributed by atoms with Crippen LogP contribution in [0.25, 0.3) is 0 Å². The summed E-state index contributed by atoms with van der Waals surface area (Å²) in [5.41, 5.74) is 2.09. The fraction of sp³-hybridized carbons (Fsp3) is 0.381. The lowest BCUT2D eigenvalue weighted by Crippen LogP contribution is -2.17. The Balaban J connectivity index is 1.50. The number of carbonyl (C=O) groups excluding carboxylic acids is 1. The summed E-state index contributed by atoms with van der Waals surface area (Å²) in [5, 5.41) is 0. The van der Waals surface area contributed by atoms with Gasteiger partial charge in [-0.1, -0.05) is 43.5 Å². The first-order chi connectivity index (χ1) is 11.8. The average molecular weight is 322 g/mol. The minimum absolute atomic E-state index is 0.117. The molecule has 3 nitrogen and oxygen atoms in total. The quantitative estimate of drug-likeness (QED) is 0.487. The lowest BCUT2D eigenvalue weighted by Gasteiger charge is -2.23. The van der Waals surface area contributed by atoms with E-state index in [9.17, 15) is 4.79 Å². The molecule has 1 saturated carbocycles. The molecule has 0 amide bonds. The van der Waals surface area contributed by atoms with E-state index in [1.165, 1.54) is 19.3 Å². The summed E-state index contributed by atoms with van der Waals surface area (Å²) in [5.74, 6) is 2.69. The first-order valence-electron chi connectivity index (χ1n) is 8.88. The molecule has 2 aromatic rings. The molecule has 0 spiro atoms. The number of para-hydroxylation sites is 1. The average Bonchev–Trinajstić information content (AvgIpc) is 2.61. The van der Waals surface area contributed by atoms with E-state index in [-0.39, 0.29) is 5.97 Å². The highest BCUT2D eigenvalue weighted by atomic mass is 16.5. The van der Waals surface area contributed by atoms with Gasteiger partial charge in [0.1, 0.15) is 17.2 Å². The van der Waals surface area contributed by atoms with E-state index in [0.29, 0.717) is 18.1 Å². The van der Waals surface area contributed by atoms with Gasteiger partial charge >= 0.3 is 5.97 Å². The van der Waals surface area contributed by atoms with Crippen molar-refractivity contribution >= 4 is 5.97 Å². The number of hydrogen-bond acceptors (Lipinski definition) is 3. The van der Waals surface area contributed by atoms with Crippen LogP contribution in [-0.2, 0) is 11.2 Å². The van der Waals surface area contributed by atoms with E-state index >= 15 is 0 Å². The van der Waals surface area contributed by atoms with Gasteiger partial charge in [-0.05, 0) is 42.5 Å². The molecule has 0 radical (unpaired) electrons. The van der Waals surface area contributed by atoms with Crippen LogP contribution in [0.4, 0.5) is 0 Å². The third-order valence-electron chi connectivity index (χ3n) is 5.05. The van der Waals surface area contributed by atoms with Gasteiger partial charge in [0, 0.05) is 18.4 Å². The van der Waals surface area contributed by atoms with E-state index in [0.717, 1.165) is 41.9 Å². The van der Waals surface area contributed by atoms with Crippen molar-refractivity contribution in [2.24, 2.45) is 5.92 Å². The van der Waals surface area contributed by atoms with Crippen LogP contribution in [0.1, 0.15) is 49.7 Å². The number of esters is 1. The minimum Gasteiger partial charge on any atom is -0.457 e. The largest absolute Gasteiger partial charge is 0.457 e. The van der Waals surface area contributed by atoms with Gasteiger partial charge in [0.15, 0.2) is 0 Å². The van der Waals surface area contributed by atoms with E-state index in [4.69, 9.17) is 9.47 Å². The van der Waals surface area contributed by atoms with Crippen LogP contribution in [-0.4, -0.2) is 5.97 Å². The zero-order chi connectivity index (χ0) is 16.4. The molecule has 1 aliphatic heterocycles. The molecule has 0 aromatic heterocycles. The maximum absolute atomic E-state index is 12.3. The van der Waals surface area contributed by atoms with Gasteiger partial charge in [0.25, 0.3) is 0 Å². The maximum atomic E-state index is 12.3. The van der Waals surface area contributed by atoms with Crippen molar-refractivity contribution < 1.29 is 14.3 Å².